The molecule has 7 nitrogen and oxygen atoms in total. The molecule has 7 heteroatoms. The molecule has 0 amide bonds. The summed E-state index contributed by atoms with van der Waals surface area (Å²) in [5.74, 6) is -0.777. The van der Waals surface area contributed by atoms with Crippen LogP contribution in [-0.4, -0.2) is 27.7 Å². The van der Waals surface area contributed by atoms with E-state index in [0.29, 0.717) is 12.1 Å². The minimum Gasteiger partial charge on any atom is -0.461 e. The standard InChI is InChI=1S/C11H17N3O4/c1-5-18-10(15)8-9(14(16)17)7(12-13-8)6-11(2,3)4/h5-6H2,1-4H3,(H,12,13). The van der Waals surface area contributed by atoms with Crippen LogP contribution in [-0.2, 0) is 11.2 Å². The van der Waals surface area contributed by atoms with Gasteiger partial charge in [0, 0.05) is 6.42 Å². The topological polar surface area (TPSA) is 98.1 Å². The molecule has 1 aromatic heterocycles. The molecule has 18 heavy (non-hydrogen) atoms. The monoisotopic (exact) mass is 255 g/mol. The van der Waals surface area contributed by atoms with Gasteiger partial charge in [-0.2, -0.15) is 5.10 Å². The molecular formula is C11H17N3O4. The molecule has 100 valence electrons. The van der Waals surface area contributed by atoms with E-state index in [1.165, 1.54) is 0 Å². The zero-order chi connectivity index (χ0) is 13.9. The van der Waals surface area contributed by atoms with Crippen molar-refractivity contribution in [1.82, 2.24) is 10.2 Å². The average molecular weight is 255 g/mol. The van der Waals surface area contributed by atoms with Crippen molar-refractivity contribution in [2.45, 2.75) is 34.1 Å². The molecular weight excluding hydrogens is 238 g/mol. The van der Waals surface area contributed by atoms with Gasteiger partial charge in [-0.1, -0.05) is 20.8 Å². The van der Waals surface area contributed by atoms with Crippen LogP contribution in [0.3, 0.4) is 0 Å². The summed E-state index contributed by atoms with van der Waals surface area (Å²) in [7, 11) is 0. The minimum absolute atomic E-state index is 0.150. The van der Waals surface area contributed by atoms with E-state index in [4.69, 9.17) is 4.74 Å². The molecule has 0 aliphatic heterocycles. The Labute approximate surface area is 105 Å². The smallest absolute Gasteiger partial charge is 0.366 e. The van der Waals surface area contributed by atoms with Crippen LogP contribution in [0.2, 0.25) is 0 Å². The number of hydrogen-bond donors (Lipinski definition) is 1. The first kappa shape index (κ1) is 14.1. The summed E-state index contributed by atoms with van der Waals surface area (Å²) in [6.07, 6.45) is 0.426. The summed E-state index contributed by atoms with van der Waals surface area (Å²) < 4.78 is 4.74. The normalized spacial score (nSPS) is 11.3. The van der Waals surface area contributed by atoms with Crippen molar-refractivity contribution in [3.05, 3.63) is 21.5 Å². The van der Waals surface area contributed by atoms with Crippen LogP contribution in [0.15, 0.2) is 0 Å². The Morgan fingerprint density at radius 2 is 2.11 bits per heavy atom. The van der Waals surface area contributed by atoms with Crippen molar-refractivity contribution in [3.63, 3.8) is 0 Å². The molecule has 0 atom stereocenters. The second-order valence-corrected chi connectivity index (χ2v) is 5.11. The van der Waals surface area contributed by atoms with E-state index in [2.05, 4.69) is 10.2 Å². The number of aromatic nitrogens is 2. The van der Waals surface area contributed by atoms with E-state index < -0.39 is 10.9 Å². The average Bonchev–Trinajstić information content (AvgIpc) is 2.59. The van der Waals surface area contributed by atoms with Crippen molar-refractivity contribution in [2.24, 2.45) is 5.41 Å². The van der Waals surface area contributed by atoms with Gasteiger partial charge in [0.1, 0.15) is 5.69 Å². The van der Waals surface area contributed by atoms with Crippen molar-refractivity contribution >= 4 is 11.7 Å². The van der Waals surface area contributed by atoms with E-state index >= 15 is 0 Å². The number of nitrogens with zero attached hydrogens (tertiary/aromatic N) is 2. The van der Waals surface area contributed by atoms with Gasteiger partial charge in [0.25, 0.3) is 0 Å². The summed E-state index contributed by atoms with van der Waals surface area (Å²) in [4.78, 5) is 22.0. The molecule has 1 heterocycles. The third-order valence-corrected chi connectivity index (χ3v) is 2.17. The molecule has 0 bridgehead atoms. The van der Waals surface area contributed by atoms with Crippen LogP contribution in [0.1, 0.15) is 43.9 Å². The number of carbonyl (C=O) groups excluding carboxylic acids is 1. The fraction of sp³-hybridized carbons (Fsp3) is 0.636. The summed E-state index contributed by atoms with van der Waals surface area (Å²) in [6, 6.07) is 0. The van der Waals surface area contributed by atoms with E-state index in [0.717, 1.165) is 0 Å². The molecule has 0 aromatic carbocycles. The maximum atomic E-state index is 11.5. The lowest BCUT2D eigenvalue weighted by Crippen LogP contribution is -2.12. The first-order chi connectivity index (χ1) is 8.26. The lowest BCUT2D eigenvalue weighted by Gasteiger charge is -2.15. The van der Waals surface area contributed by atoms with Crippen molar-refractivity contribution in [3.8, 4) is 0 Å². The highest BCUT2D eigenvalue weighted by atomic mass is 16.6. The molecule has 0 aliphatic rings. The van der Waals surface area contributed by atoms with Gasteiger partial charge in [-0.25, -0.2) is 4.79 Å². The highest BCUT2D eigenvalue weighted by Gasteiger charge is 2.31. The van der Waals surface area contributed by atoms with Crippen LogP contribution in [0.25, 0.3) is 0 Å². The van der Waals surface area contributed by atoms with E-state index in [1.54, 1.807) is 6.92 Å². The largest absolute Gasteiger partial charge is 0.461 e. The van der Waals surface area contributed by atoms with Gasteiger partial charge in [-0.05, 0) is 12.3 Å². The van der Waals surface area contributed by atoms with Gasteiger partial charge >= 0.3 is 11.7 Å². The Morgan fingerprint density at radius 1 is 1.50 bits per heavy atom. The number of ether oxygens (including phenoxy) is 1. The van der Waals surface area contributed by atoms with Crippen molar-refractivity contribution in [2.75, 3.05) is 6.61 Å². The molecule has 0 unspecified atom stereocenters. The number of esters is 1. The second-order valence-electron chi connectivity index (χ2n) is 5.11. The fourth-order valence-electron chi connectivity index (χ4n) is 1.56. The summed E-state index contributed by atoms with van der Waals surface area (Å²) >= 11 is 0. The van der Waals surface area contributed by atoms with Crippen molar-refractivity contribution in [1.29, 1.82) is 0 Å². The first-order valence-electron chi connectivity index (χ1n) is 5.65. The molecule has 0 saturated heterocycles. The Kier molecular flexibility index (Phi) is 4.05. The van der Waals surface area contributed by atoms with E-state index in [-0.39, 0.29) is 23.4 Å². The van der Waals surface area contributed by atoms with Crippen LogP contribution < -0.4 is 0 Å². The molecule has 1 N–H and O–H groups in total. The van der Waals surface area contributed by atoms with Gasteiger partial charge < -0.3 is 4.74 Å². The number of H-pyrrole nitrogens is 1. The van der Waals surface area contributed by atoms with Crippen LogP contribution in [0, 0.1) is 15.5 Å². The molecule has 0 aliphatic carbocycles. The molecule has 1 aromatic rings. The summed E-state index contributed by atoms with van der Waals surface area (Å²) in [6.45, 7) is 7.62. The van der Waals surface area contributed by atoms with Crippen molar-refractivity contribution < 1.29 is 14.5 Å². The predicted molar refractivity (Wildman–Crippen MR) is 64.4 cm³/mol. The number of hydrogen-bond acceptors (Lipinski definition) is 5. The summed E-state index contributed by atoms with van der Waals surface area (Å²) in [5.41, 5.74) is -0.358. The molecule has 1 rings (SSSR count). The Bertz CT molecular complexity index is 459. The Hall–Kier alpha value is -1.92. The fourth-order valence-corrected chi connectivity index (χ4v) is 1.56. The zero-order valence-corrected chi connectivity index (χ0v) is 10.9. The lowest BCUT2D eigenvalue weighted by atomic mass is 9.90. The van der Waals surface area contributed by atoms with Gasteiger partial charge in [0.05, 0.1) is 11.5 Å². The second kappa shape index (κ2) is 5.16. The highest BCUT2D eigenvalue weighted by Crippen LogP contribution is 2.28. The highest BCUT2D eigenvalue weighted by molar-refractivity contribution is 5.92. The number of nitro groups is 1. The van der Waals surface area contributed by atoms with E-state index in [9.17, 15) is 14.9 Å². The SMILES string of the molecule is CCOC(=O)c1n[nH]c(CC(C)(C)C)c1[N+](=O)[O-]. The number of rotatable bonds is 4. The molecule has 0 spiro atoms. The number of carbonyl (C=O) groups is 1. The van der Waals surface area contributed by atoms with Crippen LogP contribution in [0.4, 0.5) is 5.69 Å². The maximum absolute atomic E-state index is 11.5. The zero-order valence-electron chi connectivity index (χ0n) is 10.9. The van der Waals surface area contributed by atoms with Gasteiger partial charge in [0.2, 0.25) is 5.69 Å². The quantitative estimate of drug-likeness (QED) is 0.504. The third-order valence-electron chi connectivity index (χ3n) is 2.17. The van der Waals surface area contributed by atoms with Gasteiger partial charge in [-0.3, -0.25) is 15.2 Å². The third kappa shape index (κ3) is 3.28. The van der Waals surface area contributed by atoms with Crippen LogP contribution >= 0.6 is 0 Å². The number of nitrogens with one attached hydrogen (secondary N) is 1. The summed E-state index contributed by atoms with van der Waals surface area (Å²) in [5, 5.41) is 17.3. The Balaban J connectivity index is 3.15. The van der Waals surface area contributed by atoms with Crippen LogP contribution in [0.5, 0.6) is 0 Å². The lowest BCUT2D eigenvalue weighted by molar-refractivity contribution is -0.386. The predicted octanol–water partition coefficient (Wildman–Crippen LogP) is 2.08. The molecule has 0 radical (unpaired) electrons. The molecule has 0 saturated carbocycles. The molecule has 0 fully saturated rings. The minimum atomic E-state index is -0.777. The van der Waals surface area contributed by atoms with E-state index in [1.807, 2.05) is 20.8 Å². The van der Waals surface area contributed by atoms with Gasteiger partial charge in [0.15, 0.2) is 0 Å². The first-order valence-corrected chi connectivity index (χ1v) is 5.65. The van der Waals surface area contributed by atoms with Gasteiger partial charge in [-0.15, -0.1) is 0 Å². The number of aromatic amines is 1. The maximum Gasteiger partial charge on any atom is 0.366 e. The Morgan fingerprint density at radius 3 is 2.56 bits per heavy atom.